The van der Waals surface area contributed by atoms with Crippen molar-refractivity contribution >= 4 is 11.8 Å². The fraction of sp³-hybridized carbons (Fsp3) is 0.500. The third kappa shape index (κ3) is 1.87. The molecule has 0 radical (unpaired) electrons. The summed E-state index contributed by atoms with van der Waals surface area (Å²) in [5, 5.41) is 11.6. The Kier molecular flexibility index (Phi) is 2.39. The number of nitrogens with zero attached hydrogens (tertiary/aromatic N) is 6. The summed E-state index contributed by atoms with van der Waals surface area (Å²) in [4.78, 5) is 3.21. The lowest BCUT2D eigenvalue weighted by molar-refractivity contribution is -0.773. The van der Waals surface area contributed by atoms with Gasteiger partial charge >= 0.3 is 0 Å². The van der Waals surface area contributed by atoms with E-state index in [-0.39, 0.29) is 11.8 Å². The van der Waals surface area contributed by atoms with Crippen LogP contribution >= 0.6 is 0 Å². The fourth-order valence-corrected chi connectivity index (χ4v) is 1.86. The molecule has 10 nitrogen and oxygen atoms in total. The SMILES string of the molecule is Nc1c[n+](N2CCN([n+]3cc(N)on3)CC2)no1. The van der Waals surface area contributed by atoms with Gasteiger partial charge in [0, 0.05) is 0 Å². The second-order valence-electron chi connectivity index (χ2n) is 3.96. The van der Waals surface area contributed by atoms with Crippen LogP contribution in [0.2, 0.25) is 0 Å². The third-order valence-electron chi connectivity index (χ3n) is 2.76. The lowest BCUT2D eigenvalue weighted by Gasteiger charge is -2.23. The van der Waals surface area contributed by atoms with E-state index in [4.69, 9.17) is 20.5 Å². The van der Waals surface area contributed by atoms with Crippen molar-refractivity contribution in [1.29, 1.82) is 0 Å². The topological polar surface area (TPSA) is 118 Å². The Labute approximate surface area is 102 Å². The number of nitrogens with two attached hydrogens (primary N) is 2. The number of rotatable bonds is 2. The van der Waals surface area contributed by atoms with Gasteiger partial charge < -0.3 is 11.5 Å². The fourth-order valence-electron chi connectivity index (χ4n) is 1.86. The highest BCUT2D eigenvalue weighted by Gasteiger charge is 2.30. The summed E-state index contributed by atoms with van der Waals surface area (Å²) in [5.41, 5.74) is 11.0. The Morgan fingerprint density at radius 1 is 0.889 bits per heavy atom. The van der Waals surface area contributed by atoms with Crippen LogP contribution in [-0.4, -0.2) is 36.7 Å². The van der Waals surface area contributed by atoms with Gasteiger partial charge in [-0.1, -0.05) is 0 Å². The lowest BCUT2D eigenvalue weighted by atomic mass is 10.4. The summed E-state index contributed by atoms with van der Waals surface area (Å²) < 4.78 is 9.64. The minimum Gasteiger partial charge on any atom is -0.362 e. The molecule has 3 rings (SSSR count). The van der Waals surface area contributed by atoms with E-state index in [1.54, 1.807) is 22.0 Å². The molecule has 96 valence electrons. The van der Waals surface area contributed by atoms with Crippen molar-refractivity contribution in [3.63, 3.8) is 0 Å². The first-order chi connectivity index (χ1) is 8.72. The molecule has 0 amide bonds. The standard InChI is InChI=1S/C8H14N8O2/c9-7-5-15(11-17-7)13-1-2-14(4-3-13)16-6-8(10)18-12-16/h5-6H,1-4,9-10H2/q+2. The number of anilines is 2. The van der Waals surface area contributed by atoms with Crippen LogP contribution in [0.3, 0.4) is 0 Å². The van der Waals surface area contributed by atoms with Gasteiger partial charge in [-0.3, -0.25) is 9.05 Å². The van der Waals surface area contributed by atoms with E-state index in [2.05, 4.69) is 10.5 Å². The van der Waals surface area contributed by atoms with Crippen LogP contribution in [0.5, 0.6) is 0 Å². The predicted molar refractivity (Wildman–Crippen MR) is 58.1 cm³/mol. The molecule has 1 saturated heterocycles. The van der Waals surface area contributed by atoms with Crippen LogP contribution in [0.15, 0.2) is 21.4 Å². The second-order valence-corrected chi connectivity index (χ2v) is 3.96. The van der Waals surface area contributed by atoms with Gasteiger partial charge in [0.05, 0.1) is 35.8 Å². The first-order valence-electron chi connectivity index (χ1n) is 5.51. The van der Waals surface area contributed by atoms with Gasteiger partial charge in [0.25, 0.3) is 24.2 Å². The van der Waals surface area contributed by atoms with Crippen LogP contribution in [0, 0.1) is 0 Å². The molecular weight excluding hydrogens is 240 g/mol. The summed E-state index contributed by atoms with van der Waals surface area (Å²) >= 11 is 0. The highest BCUT2D eigenvalue weighted by atomic mass is 16.5. The summed E-state index contributed by atoms with van der Waals surface area (Å²) in [7, 11) is 0. The molecule has 0 aliphatic carbocycles. The number of nitrogen functional groups attached to an aromatic ring is 2. The lowest BCUT2D eigenvalue weighted by Crippen LogP contribution is -2.72. The molecule has 0 unspecified atom stereocenters. The zero-order valence-electron chi connectivity index (χ0n) is 9.64. The average molecular weight is 254 g/mol. The first kappa shape index (κ1) is 10.6. The Morgan fingerprint density at radius 2 is 1.28 bits per heavy atom. The van der Waals surface area contributed by atoms with Crippen molar-refractivity contribution in [1.82, 2.24) is 10.5 Å². The maximum absolute atomic E-state index is 5.48. The molecule has 0 bridgehead atoms. The third-order valence-corrected chi connectivity index (χ3v) is 2.76. The van der Waals surface area contributed by atoms with Crippen molar-refractivity contribution in [3.8, 4) is 0 Å². The van der Waals surface area contributed by atoms with Crippen LogP contribution in [-0.2, 0) is 0 Å². The van der Waals surface area contributed by atoms with Crippen LogP contribution < -0.4 is 31.1 Å². The maximum Gasteiger partial charge on any atom is 0.296 e. The molecule has 0 saturated carbocycles. The molecule has 0 aromatic carbocycles. The average Bonchev–Trinajstić information content (AvgIpc) is 2.98. The Bertz CT molecular complexity index is 480. The second kappa shape index (κ2) is 4.05. The highest BCUT2D eigenvalue weighted by Crippen LogP contribution is 1.96. The minimum atomic E-state index is 0.288. The Hall–Kier alpha value is -2.52. The molecule has 18 heavy (non-hydrogen) atoms. The van der Waals surface area contributed by atoms with E-state index in [0.29, 0.717) is 0 Å². The molecule has 2 aromatic rings. The van der Waals surface area contributed by atoms with Crippen LogP contribution in [0.1, 0.15) is 0 Å². The number of hydrogen-bond donors (Lipinski definition) is 2. The van der Waals surface area contributed by atoms with Gasteiger partial charge in [0.1, 0.15) is 0 Å². The molecule has 1 aliphatic heterocycles. The smallest absolute Gasteiger partial charge is 0.296 e. The van der Waals surface area contributed by atoms with Crippen molar-refractivity contribution in [2.45, 2.75) is 0 Å². The van der Waals surface area contributed by atoms with Crippen molar-refractivity contribution in [2.24, 2.45) is 0 Å². The quantitative estimate of drug-likeness (QED) is 0.544. The molecular formula is C8H14N8O2+2. The molecule has 0 atom stereocenters. The van der Waals surface area contributed by atoms with Crippen molar-refractivity contribution in [3.05, 3.63) is 12.4 Å². The van der Waals surface area contributed by atoms with E-state index >= 15 is 0 Å². The normalized spacial score (nSPS) is 16.2. The van der Waals surface area contributed by atoms with Gasteiger partial charge in [-0.2, -0.15) is 0 Å². The zero-order valence-corrected chi connectivity index (χ0v) is 9.64. The summed E-state index contributed by atoms with van der Waals surface area (Å²) in [6.45, 7) is 3.04. The maximum atomic E-state index is 5.48. The van der Waals surface area contributed by atoms with Crippen molar-refractivity contribution in [2.75, 3.05) is 47.7 Å². The van der Waals surface area contributed by atoms with E-state index in [1.165, 1.54) is 0 Å². The number of piperazine rings is 1. The Balaban J connectivity index is 1.64. The molecule has 10 heteroatoms. The van der Waals surface area contributed by atoms with Crippen LogP contribution in [0.25, 0.3) is 0 Å². The van der Waals surface area contributed by atoms with E-state index in [9.17, 15) is 0 Å². The van der Waals surface area contributed by atoms with Gasteiger partial charge in [-0.25, -0.2) is 0 Å². The van der Waals surface area contributed by atoms with Gasteiger partial charge in [-0.05, 0) is 0 Å². The van der Waals surface area contributed by atoms with E-state index < -0.39 is 0 Å². The Morgan fingerprint density at radius 3 is 1.56 bits per heavy atom. The molecule has 2 aromatic heterocycles. The number of hydrogen-bond acceptors (Lipinski definition) is 8. The van der Waals surface area contributed by atoms with Gasteiger partial charge in [-0.15, -0.1) is 10.0 Å². The first-order valence-corrected chi connectivity index (χ1v) is 5.51. The zero-order chi connectivity index (χ0) is 12.5. The summed E-state index contributed by atoms with van der Waals surface area (Å²) in [6.07, 6.45) is 3.27. The molecule has 0 spiro atoms. The van der Waals surface area contributed by atoms with E-state index in [0.717, 1.165) is 26.2 Å². The number of aromatic nitrogens is 4. The highest BCUT2D eigenvalue weighted by molar-refractivity contribution is 5.12. The molecule has 4 N–H and O–H groups in total. The summed E-state index contributed by atoms with van der Waals surface area (Å²) in [5.74, 6) is 0.576. The molecule has 1 fully saturated rings. The molecule has 3 heterocycles. The largest absolute Gasteiger partial charge is 0.362 e. The minimum absolute atomic E-state index is 0.288. The van der Waals surface area contributed by atoms with E-state index in [1.807, 2.05) is 10.0 Å². The molecule has 1 aliphatic rings. The monoisotopic (exact) mass is 254 g/mol. The predicted octanol–water partition coefficient (Wildman–Crippen LogP) is -3.01. The van der Waals surface area contributed by atoms with Crippen molar-refractivity contribution < 1.29 is 18.6 Å². The van der Waals surface area contributed by atoms with Gasteiger partial charge in [0.15, 0.2) is 0 Å². The van der Waals surface area contributed by atoms with Gasteiger partial charge in [0.2, 0.25) is 10.5 Å². The van der Waals surface area contributed by atoms with Crippen LogP contribution in [0.4, 0.5) is 11.8 Å². The summed E-state index contributed by atoms with van der Waals surface area (Å²) in [6, 6.07) is 0.